The van der Waals surface area contributed by atoms with Gasteiger partial charge in [0.2, 0.25) is 0 Å². The molecule has 0 N–H and O–H groups in total. The molecule has 1 heterocycles. The number of benzene rings is 1. The molecule has 88 valence electrons. The van der Waals surface area contributed by atoms with Gasteiger partial charge in [-0.15, -0.1) is 0 Å². The molecule has 0 amide bonds. The quantitative estimate of drug-likeness (QED) is 0.567. The lowest BCUT2D eigenvalue weighted by molar-refractivity contribution is 0.0907. The molecule has 1 aromatic carbocycles. The third-order valence-corrected chi connectivity index (χ3v) is 3.18. The number of carbonyl (C=O) groups excluding carboxylic acids is 1. The Labute approximate surface area is 110 Å². The highest BCUT2D eigenvalue weighted by Gasteiger charge is 2.14. The highest BCUT2D eigenvalue weighted by Crippen LogP contribution is 2.03. The first-order chi connectivity index (χ1) is 8.07. The van der Waals surface area contributed by atoms with Crippen LogP contribution in [0.3, 0.4) is 0 Å². The lowest BCUT2D eigenvalue weighted by Gasteiger charge is -2.09. The van der Waals surface area contributed by atoms with Gasteiger partial charge >= 0.3 is 0 Å². The van der Waals surface area contributed by atoms with Gasteiger partial charge in [0.05, 0.1) is 15.2 Å². The van der Waals surface area contributed by atoms with E-state index in [1.807, 2.05) is 22.6 Å². The Hall–Kier alpha value is -1.44. The number of fused-ring (bicyclic) bond motifs is 1. The SMILES string of the molecule is Cn1c(=O)c2ccccc2c(=O)n1C(=O)CI. The van der Waals surface area contributed by atoms with E-state index in [1.54, 1.807) is 24.3 Å². The number of alkyl halides is 1. The molecule has 0 spiro atoms. The Morgan fingerprint density at radius 2 is 1.71 bits per heavy atom. The molecule has 0 aliphatic carbocycles. The molecular weight excluding hydrogens is 335 g/mol. The second-order valence-corrected chi connectivity index (χ2v) is 4.28. The van der Waals surface area contributed by atoms with Crippen LogP contribution in [-0.2, 0) is 7.05 Å². The second-order valence-electron chi connectivity index (χ2n) is 3.52. The van der Waals surface area contributed by atoms with Gasteiger partial charge in [0.1, 0.15) is 0 Å². The molecule has 1 aromatic heterocycles. The van der Waals surface area contributed by atoms with Crippen LogP contribution in [0.4, 0.5) is 0 Å². The Bertz CT molecular complexity index is 715. The zero-order valence-corrected chi connectivity index (χ0v) is 11.2. The third kappa shape index (κ3) is 1.82. The van der Waals surface area contributed by atoms with Crippen molar-refractivity contribution in [3.63, 3.8) is 0 Å². The minimum Gasteiger partial charge on any atom is -0.272 e. The topological polar surface area (TPSA) is 61.1 Å². The summed E-state index contributed by atoms with van der Waals surface area (Å²) in [4.78, 5) is 35.7. The maximum Gasteiger partial charge on any atom is 0.280 e. The summed E-state index contributed by atoms with van der Waals surface area (Å²) in [6.45, 7) is 0. The number of carbonyl (C=O) groups is 1. The van der Waals surface area contributed by atoms with Gasteiger partial charge in [-0.25, -0.2) is 4.68 Å². The molecule has 0 saturated heterocycles. The molecule has 0 aliphatic heterocycles. The maximum atomic E-state index is 12.1. The van der Waals surface area contributed by atoms with Crippen LogP contribution in [0.5, 0.6) is 0 Å². The number of hydrogen-bond donors (Lipinski definition) is 0. The van der Waals surface area contributed by atoms with Crippen LogP contribution in [0, 0.1) is 0 Å². The molecule has 0 saturated carbocycles. The summed E-state index contributed by atoms with van der Waals surface area (Å²) in [7, 11) is 1.42. The van der Waals surface area contributed by atoms with Gasteiger partial charge in [0.15, 0.2) is 0 Å². The summed E-state index contributed by atoms with van der Waals surface area (Å²) in [6.07, 6.45) is 0. The molecule has 0 bridgehead atoms. The Morgan fingerprint density at radius 3 is 2.24 bits per heavy atom. The van der Waals surface area contributed by atoms with Gasteiger partial charge in [-0.05, 0) is 12.1 Å². The molecule has 17 heavy (non-hydrogen) atoms. The Balaban J connectivity index is 3.02. The fourth-order valence-corrected chi connectivity index (χ4v) is 2.03. The van der Waals surface area contributed by atoms with Crippen LogP contribution in [0.2, 0.25) is 0 Å². The van der Waals surface area contributed by atoms with Crippen molar-refractivity contribution in [3.8, 4) is 0 Å². The van der Waals surface area contributed by atoms with Crippen molar-refractivity contribution in [2.24, 2.45) is 7.05 Å². The fraction of sp³-hybridized carbons (Fsp3) is 0.182. The van der Waals surface area contributed by atoms with Crippen LogP contribution in [0.25, 0.3) is 10.8 Å². The lowest BCUT2D eigenvalue weighted by Crippen LogP contribution is -2.41. The summed E-state index contributed by atoms with van der Waals surface area (Å²) in [5, 5.41) is 0.603. The van der Waals surface area contributed by atoms with Crippen molar-refractivity contribution in [1.82, 2.24) is 9.36 Å². The van der Waals surface area contributed by atoms with E-state index >= 15 is 0 Å². The lowest BCUT2D eigenvalue weighted by atomic mass is 10.2. The third-order valence-electron chi connectivity index (χ3n) is 2.52. The van der Waals surface area contributed by atoms with Crippen LogP contribution in [0.1, 0.15) is 4.79 Å². The summed E-state index contributed by atoms with van der Waals surface area (Å²) >= 11 is 1.86. The molecular formula is C11H9IN2O3. The first-order valence-electron chi connectivity index (χ1n) is 4.88. The predicted molar refractivity (Wildman–Crippen MR) is 73.0 cm³/mol. The van der Waals surface area contributed by atoms with Crippen molar-refractivity contribution in [2.75, 3.05) is 4.43 Å². The number of rotatable bonds is 1. The Kier molecular flexibility index (Phi) is 3.14. The normalized spacial score (nSPS) is 10.7. The highest BCUT2D eigenvalue weighted by atomic mass is 127. The molecule has 5 nitrogen and oxygen atoms in total. The number of hydrogen-bond acceptors (Lipinski definition) is 3. The predicted octanol–water partition coefficient (Wildman–Crippen LogP) is 0.775. The van der Waals surface area contributed by atoms with Crippen molar-refractivity contribution >= 4 is 39.3 Å². The minimum absolute atomic E-state index is 0.142. The molecule has 0 aliphatic rings. The molecule has 0 atom stereocenters. The van der Waals surface area contributed by atoms with Gasteiger partial charge in [-0.1, -0.05) is 34.7 Å². The smallest absolute Gasteiger partial charge is 0.272 e. The highest BCUT2D eigenvalue weighted by molar-refractivity contribution is 14.1. The van der Waals surface area contributed by atoms with Gasteiger partial charge in [-0.3, -0.25) is 14.4 Å². The van der Waals surface area contributed by atoms with Crippen molar-refractivity contribution in [2.45, 2.75) is 0 Å². The van der Waals surface area contributed by atoms with E-state index in [1.165, 1.54) is 7.05 Å². The van der Waals surface area contributed by atoms with Crippen LogP contribution < -0.4 is 11.1 Å². The maximum absolute atomic E-state index is 12.1. The van der Waals surface area contributed by atoms with E-state index in [2.05, 4.69) is 0 Å². The largest absolute Gasteiger partial charge is 0.280 e. The first-order valence-corrected chi connectivity index (χ1v) is 6.40. The van der Waals surface area contributed by atoms with E-state index in [4.69, 9.17) is 0 Å². The average molecular weight is 344 g/mol. The van der Waals surface area contributed by atoms with Crippen molar-refractivity contribution in [1.29, 1.82) is 0 Å². The van der Waals surface area contributed by atoms with Gasteiger partial charge in [0, 0.05) is 7.05 Å². The second kappa shape index (κ2) is 4.44. The minimum atomic E-state index is -0.454. The fourth-order valence-electron chi connectivity index (χ4n) is 1.71. The van der Waals surface area contributed by atoms with E-state index < -0.39 is 11.5 Å². The summed E-state index contributed by atoms with van der Waals surface area (Å²) in [5.74, 6) is -0.402. The van der Waals surface area contributed by atoms with Crippen LogP contribution in [0.15, 0.2) is 33.9 Å². The van der Waals surface area contributed by atoms with Crippen LogP contribution in [-0.4, -0.2) is 19.7 Å². The zero-order valence-electron chi connectivity index (χ0n) is 9.01. The van der Waals surface area contributed by atoms with E-state index in [9.17, 15) is 14.4 Å². The van der Waals surface area contributed by atoms with Gasteiger partial charge < -0.3 is 0 Å². The van der Waals surface area contributed by atoms with Gasteiger partial charge in [-0.2, -0.15) is 4.68 Å². The molecule has 0 fully saturated rings. The number of aromatic nitrogens is 2. The first kappa shape index (κ1) is 12.0. The van der Waals surface area contributed by atoms with E-state index in [-0.39, 0.29) is 15.4 Å². The standard InChI is InChI=1S/C11H9IN2O3/c1-13-10(16)7-4-2-3-5-8(7)11(17)14(13)9(15)6-12/h2-5H,6H2,1H3. The zero-order chi connectivity index (χ0) is 12.6. The number of halogens is 1. The average Bonchev–Trinajstić information content (AvgIpc) is 2.36. The molecule has 0 unspecified atom stereocenters. The van der Waals surface area contributed by atoms with Crippen molar-refractivity contribution in [3.05, 3.63) is 45.0 Å². The molecule has 2 aromatic rings. The molecule has 2 rings (SSSR count). The summed E-state index contributed by atoms with van der Waals surface area (Å²) in [6, 6.07) is 6.49. The summed E-state index contributed by atoms with van der Waals surface area (Å²) < 4.78 is 2.09. The molecule has 0 radical (unpaired) electrons. The van der Waals surface area contributed by atoms with Gasteiger partial charge in [0.25, 0.3) is 17.0 Å². The Morgan fingerprint density at radius 1 is 1.18 bits per heavy atom. The van der Waals surface area contributed by atoms with Crippen molar-refractivity contribution < 1.29 is 4.79 Å². The summed E-state index contributed by atoms with van der Waals surface area (Å²) in [5.41, 5.74) is -0.803. The van der Waals surface area contributed by atoms with E-state index in [0.29, 0.717) is 5.39 Å². The molecule has 6 heteroatoms. The monoisotopic (exact) mass is 344 g/mol. The number of nitrogens with zero attached hydrogens (tertiary/aromatic N) is 2. The van der Waals surface area contributed by atoms with Crippen LogP contribution >= 0.6 is 22.6 Å². The van der Waals surface area contributed by atoms with E-state index in [0.717, 1.165) is 9.36 Å².